The van der Waals surface area contributed by atoms with Crippen LogP contribution in [0.15, 0.2) is 12.1 Å². The predicted octanol–water partition coefficient (Wildman–Crippen LogP) is 2.33. The van der Waals surface area contributed by atoms with E-state index in [9.17, 15) is 4.79 Å². The van der Waals surface area contributed by atoms with Crippen molar-refractivity contribution in [3.8, 4) is 5.88 Å². The van der Waals surface area contributed by atoms with Crippen LogP contribution in [-0.4, -0.2) is 25.2 Å². The second-order valence-electron chi connectivity index (χ2n) is 2.89. The van der Waals surface area contributed by atoms with Gasteiger partial charge < -0.3 is 9.47 Å². The van der Waals surface area contributed by atoms with E-state index >= 15 is 0 Å². The molecule has 0 aliphatic carbocycles. The van der Waals surface area contributed by atoms with Gasteiger partial charge >= 0.3 is 5.97 Å². The normalized spacial score (nSPS) is 12.0. The Balaban J connectivity index is 3.21. The average Bonchev–Trinajstić information content (AvgIpc) is 2.27. The minimum absolute atomic E-state index is 0.0401. The van der Waals surface area contributed by atoms with Crippen molar-refractivity contribution in [3.63, 3.8) is 0 Å². The second-order valence-corrected chi connectivity index (χ2v) is 4.27. The van der Waals surface area contributed by atoms with Crippen molar-refractivity contribution in [2.75, 3.05) is 14.2 Å². The van der Waals surface area contributed by atoms with Crippen molar-refractivity contribution < 1.29 is 14.3 Å². The Labute approximate surface area is 96.7 Å². The molecule has 0 radical (unpaired) electrons. The molecule has 15 heavy (non-hydrogen) atoms. The number of carbonyl (C=O) groups is 1. The molecule has 0 saturated heterocycles. The molecule has 0 aromatic carbocycles. The smallest absolute Gasteiger partial charge is 0.339 e. The molecule has 1 aromatic rings. The van der Waals surface area contributed by atoms with Gasteiger partial charge in [-0.05, 0) is 13.0 Å². The van der Waals surface area contributed by atoms with Crippen LogP contribution in [0.2, 0.25) is 0 Å². The molecule has 0 bridgehead atoms. The third kappa shape index (κ3) is 2.68. The van der Waals surface area contributed by atoms with Gasteiger partial charge in [0, 0.05) is 6.07 Å². The molecule has 0 fully saturated rings. The molecule has 5 heteroatoms. The summed E-state index contributed by atoms with van der Waals surface area (Å²) in [6.45, 7) is 1.88. The molecule has 82 valence electrons. The van der Waals surface area contributed by atoms with Crippen LogP contribution in [0.1, 0.15) is 27.8 Å². The zero-order chi connectivity index (χ0) is 11.4. The molecule has 1 atom stereocenters. The first-order valence-corrected chi connectivity index (χ1v) is 5.29. The number of esters is 1. The number of carbonyl (C=O) groups excluding carboxylic acids is 1. The van der Waals surface area contributed by atoms with E-state index in [0.717, 1.165) is 0 Å². The van der Waals surface area contributed by atoms with Gasteiger partial charge in [0.15, 0.2) is 0 Å². The molecule has 0 aliphatic heterocycles. The highest BCUT2D eigenvalue weighted by Gasteiger charge is 2.17. The Morgan fingerprint density at radius 1 is 1.47 bits per heavy atom. The van der Waals surface area contributed by atoms with Gasteiger partial charge in [0.1, 0.15) is 0 Å². The lowest BCUT2D eigenvalue weighted by Gasteiger charge is -2.10. The molecule has 0 aliphatic rings. The molecule has 4 nitrogen and oxygen atoms in total. The predicted molar refractivity (Wildman–Crippen MR) is 59.5 cm³/mol. The standard InChI is InChI=1S/C10H12BrNO3/c1-6(11)9-7(10(13)15-3)4-5-8(12-9)14-2/h4-6H,1-3H3. The molecular formula is C10H12BrNO3. The van der Waals surface area contributed by atoms with Gasteiger partial charge in [-0.15, -0.1) is 0 Å². The molecule has 0 N–H and O–H groups in total. The summed E-state index contributed by atoms with van der Waals surface area (Å²) in [7, 11) is 2.87. The molecule has 1 heterocycles. The number of hydrogen-bond acceptors (Lipinski definition) is 4. The fourth-order valence-electron chi connectivity index (χ4n) is 1.16. The lowest BCUT2D eigenvalue weighted by Crippen LogP contribution is -2.08. The van der Waals surface area contributed by atoms with Gasteiger partial charge in [-0.3, -0.25) is 0 Å². The molecule has 0 amide bonds. The lowest BCUT2D eigenvalue weighted by molar-refractivity contribution is 0.0599. The van der Waals surface area contributed by atoms with E-state index in [1.54, 1.807) is 12.1 Å². The summed E-state index contributed by atoms with van der Waals surface area (Å²) in [5.41, 5.74) is 1.06. The zero-order valence-electron chi connectivity index (χ0n) is 8.78. The molecule has 0 saturated carbocycles. The average molecular weight is 274 g/mol. The number of hydrogen-bond donors (Lipinski definition) is 0. The third-order valence-electron chi connectivity index (χ3n) is 1.89. The van der Waals surface area contributed by atoms with Gasteiger partial charge in [0.2, 0.25) is 5.88 Å². The lowest BCUT2D eigenvalue weighted by atomic mass is 10.1. The van der Waals surface area contributed by atoms with Gasteiger partial charge in [-0.1, -0.05) is 15.9 Å². The molecule has 1 unspecified atom stereocenters. The molecule has 0 spiro atoms. The summed E-state index contributed by atoms with van der Waals surface area (Å²) in [5.74, 6) is 0.0791. The van der Waals surface area contributed by atoms with E-state index in [1.807, 2.05) is 6.92 Å². The number of pyridine rings is 1. The number of rotatable bonds is 3. The van der Waals surface area contributed by atoms with E-state index in [2.05, 4.69) is 25.7 Å². The fraction of sp³-hybridized carbons (Fsp3) is 0.400. The Hall–Kier alpha value is -1.10. The third-order valence-corrected chi connectivity index (χ3v) is 2.32. The highest BCUT2D eigenvalue weighted by Crippen LogP contribution is 2.26. The first-order valence-electron chi connectivity index (χ1n) is 4.37. The van der Waals surface area contributed by atoms with Crippen molar-refractivity contribution >= 4 is 21.9 Å². The number of alkyl halides is 1. The highest BCUT2D eigenvalue weighted by molar-refractivity contribution is 9.09. The van der Waals surface area contributed by atoms with Crippen LogP contribution in [0, 0.1) is 0 Å². The number of nitrogens with zero attached hydrogens (tertiary/aromatic N) is 1. The van der Waals surface area contributed by atoms with Crippen molar-refractivity contribution in [1.82, 2.24) is 4.98 Å². The maximum absolute atomic E-state index is 11.4. The fourth-order valence-corrected chi connectivity index (χ4v) is 1.50. The number of halogens is 1. The van der Waals surface area contributed by atoms with Crippen LogP contribution < -0.4 is 4.74 Å². The highest BCUT2D eigenvalue weighted by atomic mass is 79.9. The zero-order valence-corrected chi connectivity index (χ0v) is 10.4. The number of methoxy groups -OCH3 is 2. The van der Waals surface area contributed by atoms with E-state index in [4.69, 9.17) is 4.74 Å². The van der Waals surface area contributed by atoms with Crippen LogP contribution >= 0.6 is 15.9 Å². The van der Waals surface area contributed by atoms with Crippen LogP contribution in [-0.2, 0) is 4.74 Å². The minimum Gasteiger partial charge on any atom is -0.481 e. The van der Waals surface area contributed by atoms with E-state index < -0.39 is 5.97 Å². The quantitative estimate of drug-likeness (QED) is 0.627. The van der Waals surface area contributed by atoms with Crippen molar-refractivity contribution in [1.29, 1.82) is 0 Å². The van der Waals surface area contributed by atoms with E-state index in [1.165, 1.54) is 14.2 Å². The van der Waals surface area contributed by atoms with Crippen molar-refractivity contribution in [3.05, 3.63) is 23.4 Å². The van der Waals surface area contributed by atoms with Crippen molar-refractivity contribution in [2.45, 2.75) is 11.8 Å². The molecule has 1 rings (SSSR count). The SMILES string of the molecule is COC(=O)c1ccc(OC)nc1C(C)Br. The van der Waals surface area contributed by atoms with E-state index in [-0.39, 0.29) is 4.83 Å². The van der Waals surface area contributed by atoms with Crippen LogP contribution in [0.5, 0.6) is 5.88 Å². The Morgan fingerprint density at radius 2 is 2.13 bits per heavy atom. The van der Waals surface area contributed by atoms with Gasteiger partial charge in [-0.2, -0.15) is 0 Å². The Kier molecular flexibility index (Phi) is 4.08. The minimum atomic E-state index is -0.397. The summed E-state index contributed by atoms with van der Waals surface area (Å²) >= 11 is 3.37. The summed E-state index contributed by atoms with van der Waals surface area (Å²) in [6, 6.07) is 3.27. The first kappa shape index (κ1) is 12.0. The van der Waals surface area contributed by atoms with Crippen LogP contribution in [0.3, 0.4) is 0 Å². The van der Waals surface area contributed by atoms with Gasteiger partial charge in [0.05, 0.1) is 30.3 Å². The Bertz CT molecular complexity index is 366. The van der Waals surface area contributed by atoms with Crippen molar-refractivity contribution in [2.24, 2.45) is 0 Å². The Morgan fingerprint density at radius 3 is 2.60 bits per heavy atom. The monoisotopic (exact) mass is 273 g/mol. The summed E-state index contributed by atoms with van der Waals surface area (Å²) in [6.07, 6.45) is 0. The van der Waals surface area contributed by atoms with Crippen LogP contribution in [0.4, 0.5) is 0 Å². The topological polar surface area (TPSA) is 48.4 Å². The number of ether oxygens (including phenoxy) is 2. The summed E-state index contributed by atoms with van der Waals surface area (Å²) in [4.78, 5) is 15.6. The maximum Gasteiger partial charge on any atom is 0.339 e. The van der Waals surface area contributed by atoms with Gasteiger partial charge in [-0.25, -0.2) is 9.78 Å². The molecule has 1 aromatic heterocycles. The number of aromatic nitrogens is 1. The summed E-state index contributed by atoms with van der Waals surface area (Å²) in [5, 5.41) is 0. The van der Waals surface area contributed by atoms with Crippen LogP contribution in [0.25, 0.3) is 0 Å². The first-order chi connectivity index (χ1) is 7.10. The summed E-state index contributed by atoms with van der Waals surface area (Å²) < 4.78 is 9.65. The van der Waals surface area contributed by atoms with E-state index in [0.29, 0.717) is 17.1 Å². The molecular weight excluding hydrogens is 262 g/mol. The maximum atomic E-state index is 11.4. The van der Waals surface area contributed by atoms with Gasteiger partial charge in [0.25, 0.3) is 0 Å². The second kappa shape index (κ2) is 5.11. The largest absolute Gasteiger partial charge is 0.481 e.